The van der Waals surface area contributed by atoms with Gasteiger partial charge in [0, 0.05) is 45.9 Å². The van der Waals surface area contributed by atoms with Crippen LogP contribution in [0.2, 0.25) is 0 Å². The summed E-state index contributed by atoms with van der Waals surface area (Å²) in [4.78, 5) is 0. The molecule has 10 N–H and O–H groups in total. The largest absolute Gasteiger partial charge is 0.512 e. The molecular weight excluding hydrogens is 1540 g/mol. The van der Waals surface area contributed by atoms with Crippen LogP contribution < -0.4 is 0 Å². The van der Waals surface area contributed by atoms with Crippen LogP contribution in [0.15, 0.2) is 132 Å². The molecule has 0 radical (unpaired) electrons. The second-order valence-electron chi connectivity index (χ2n) is 44.3. The molecule has 0 saturated heterocycles. The topological polar surface area (TPSA) is 202 Å². The fraction of sp³-hybridized carbons (Fsp3) is 0.670. The maximum atomic E-state index is 11.1. The fourth-order valence-corrected chi connectivity index (χ4v) is 24.8. The Bertz CT molecular complexity index is 4070. The number of rotatable bonds is 29. The molecule has 13 unspecified atom stereocenters. The van der Waals surface area contributed by atoms with Gasteiger partial charge in [-0.15, -0.1) is 0 Å². The molecule has 13 atom stereocenters. The predicted octanol–water partition coefficient (Wildman–Crippen LogP) is 32.1. The van der Waals surface area contributed by atoms with E-state index in [2.05, 4.69) is 156 Å². The number of phenolic OH excluding ortho intramolecular Hbond substituents is 8. The van der Waals surface area contributed by atoms with E-state index < -0.39 is 0 Å². The van der Waals surface area contributed by atoms with Crippen molar-refractivity contribution in [3.05, 3.63) is 177 Å². The smallest absolute Gasteiger partial charge is 0.123 e. The van der Waals surface area contributed by atoms with Gasteiger partial charge in [0.15, 0.2) is 0 Å². The van der Waals surface area contributed by atoms with E-state index in [9.17, 15) is 51.1 Å². The van der Waals surface area contributed by atoms with Crippen molar-refractivity contribution in [1.82, 2.24) is 0 Å². The number of aliphatic hydroxyl groups is 2. The Morgan fingerprint density at radius 3 is 0.912 bits per heavy atom. The van der Waals surface area contributed by atoms with Crippen LogP contribution in [-0.2, 0) is 21.7 Å². The molecule has 0 spiro atoms. The van der Waals surface area contributed by atoms with Crippen molar-refractivity contribution < 1.29 is 51.1 Å². The van der Waals surface area contributed by atoms with Crippen LogP contribution in [0.5, 0.6) is 46.0 Å². The molecule has 696 valence electrons. The minimum atomic E-state index is -0.259. The van der Waals surface area contributed by atoms with Crippen molar-refractivity contribution in [2.75, 3.05) is 6.61 Å². The first-order valence-corrected chi connectivity index (χ1v) is 50.4. The Labute approximate surface area is 760 Å². The molecule has 0 amide bonds. The van der Waals surface area contributed by atoms with E-state index in [0.717, 1.165) is 177 Å². The Morgan fingerprint density at radius 1 is 0.328 bits per heavy atom. The lowest BCUT2D eigenvalue weighted by atomic mass is 9.59. The lowest BCUT2D eigenvalue weighted by Gasteiger charge is -2.45. The summed E-state index contributed by atoms with van der Waals surface area (Å²) in [7, 11) is 0. The molecule has 10 heteroatoms. The Kier molecular flexibility index (Phi) is 37.2. The van der Waals surface area contributed by atoms with Crippen LogP contribution in [-0.4, -0.2) is 57.7 Å². The van der Waals surface area contributed by atoms with Gasteiger partial charge in [0.1, 0.15) is 46.0 Å². The van der Waals surface area contributed by atoms with Crippen molar-refractivity contribution in [3.63, 3.8) is 0 Å². The van der Waals surface area contributed by atoms with Crippen LogP contribution in [0, 0.1) is 76.9 Å². The maximum absolute atomic E-state index is 11.1. The summed E-state index contributed by atoms with van der Waals surface area (Å²) >= 11 is 0. The zero-order chi connectivity index (χ0) is 91.7. The van der Waals surface area contributed by atoms with Crippen LogP contribution in [0.1, 0.15) is 430 Å². The lowest BCUT2D eigenvalue weighted by molar-refractivity contribution is 0.101. The second kappa shape index (κ2) is 45.7. The molecule has 4 aromatic rings. The average molecular weight is 1720 g/mol. The molecule has 4 aromatic carbocycles. The fourth-order valence-electron chi connectivity index (χ4n) is 24.8. The molecular formula is C115H176O10. The molecule has 8 aliphatic carbocycles. The van der Waals surface area contributed by atoms with E-state index in [1.54, 1.807) is 0 Å². The third kappa shape index (κ3) is 25.5. The molecule has 0 bridgehead atoms. The van der Waals surface area contributed by atoms with Crippen LogP contribution in [0.4, 0.5) is 0 Å². The number of unbranched alkanes of at least 4 members (excludes halogenated alkanes) is 4. The second-order valence-corrected chi connectivity index (χ2v) is 44.3. The van der Waals surface area contributed by atoms with Gasteiger partial charge in [-0.2, -0.15) is 0 Å². The Hall–Kier alpha value is -6.78. The minimum absolute atomic E-state index is 0.00913. The summed E-state index contributed by atoms with van der Waals surface area (Å²) in [6.07, 6.45) is 50.7. The van der Waals surface area contributed by atoms with E-state index in [1.807, 2.05) is 61.5 Å². The van der Waals surface area contributed by atoms with Gasteiger partial charge in [-0.1, -0.05) is 298 Å². The van der Waals surface area contributed by atoms with Crippen molar-refractivity contribution in [2.24, 2.45) is 76.9 Å². The quantitative estimate of drug-likeness (QED) is 0.0233. The standard InChI is InChI=1S/C29H44O3.C29H46O2.C29H44O2.C28H42O3/c1-6-7-13-29(4,5)22-15-26(31)28(27(32)16-22)25-14-21(18-30)24(17-23(25)19(2)3)20-11-9-8-10-12-20;2*1-7-8-14-29(5,6)22-16-26(30)28(27(31)17-22)25-15-20(4)24(18-23(25)19(2)3)21-12-10-9-11-13-21;1-6-7-13-28(4,5)20-14-25(30)27(26(31)15-20)23-17-24(29)22(16-21(23)18(2)3)19-11-9-8-10-12-19/h14-16,20,23-25,30-32H,2,6-13,17-18H2,1,3-5H3;16-17,20-21,23-25,30-31H,2,7-15,18H2,1,3-6H3;15-17,21,23-25,30-31H,2,7-14,18H2,1,3-6H3;14-15,17,19,21-23,29-31H,2,6-13,16H2,1,3-5H3. The summed E-state index contributed by atoms with van der Waals surface area (Å²) in [5.41, 5.74) is 13.2. The van der Waals surface area contributed by atoms with Gasteiger partial charge in [-0.3, -0.25) is 0 Å². The van der Waals surface area contributed by atoms with Gasteiger partial charge >= 0.3 is 0 Å². The third-order valence-corrected chi connectivity index (χ3v) is 33.1. The summed E-state index contributed by atoms with van der Waals surface area (Å²) in [5.74, 6) is 7.82. The highest BCUT2D eigenvalue weighted by atomic mass is 16.3. The lowest BCUT2D eigenvalue weighted by Crippen LogP contribution is -2.35. The first kappa shape index (κ1) is 102. The zero-order valence-electron chi connectivity index (χ0n) is 81.8. The molecule has 0 aromatic heterocycles. The van der Waals surface area contributed by atoms with E-state index in [1.165, 1.54) is 140 Å². The first-order valence-electron chi connectivity index (χ1n) is 50.4. The first-order chi connectivity index (χ1) is 59.1. The van der Waals surface area contributed by atoms with Crippen molar-refractivity contribution in [3.8, 4) is 46.0 Å². The van der Waals surface area contributed by atoms with E-state index in [0.29, 0.717) is 58.0 Å². The molecule has 0 heterocycles. The molecule has 5 saturated carbocycles. The van der Waals surface area contributed by atoms with Crippen molar-refractivity contribution >= 4 is 0 Å². The third-order valence-electron chi connectivity index (χ3n) is 33.1. The number of aliphatic hydroxyl groups excluding tert-OH is 2. The summed E-state index contributed by atoms with van der Waals surface area (Å²) in [6.45, 7) is 56.5. The normalized spacial score (nSPS) is 25.8. The highest BCUT2D eigenvalue weighted by Crippen LogP contribution is 2.59. The minimum Gasteiger partial charge on any atom is -0.512 e. The molecule has 0 aliphatic heterocycles. The Morgan fingerprint density at radius 2 is 0.600 bits per heavy atom. The number of hydrogen-bond donors (Lipinski definition) is 10. The van der Waals surface area contributed by atoms with E-state index in [-0.39, 0.29) is 122 Å². The van der Waals surface area contributed by atoms with Gasteiger partial charge in [-0.25, -0.2) is 0 Å². The zero-order valence-corrected chi connectivity index (χ0v) is 81.8. The van der Waals surface area contributed by atoms with Gasteiger partial charge in [0.05, 0.1) is 12.4 Å². The van der Waals surface area contributed by atoms with Crippen molar-refractivity contribution in [1.29, 1.82) is 0 Å². The summed E-state index contributed by atoms with van der Waals surface area (Å²) in [5, 5.41) is 110. The molecule has 8 aliphatic rings. The SMILES string of the molecule is C=C(C)C1CC(C2CCCCC2)C(C)=CC1c1c(O)cc(C(C)(C)CCCC)cc1O.C=C(C)C1CC(C2CCCCC2)C(C)CC1c1c(O)cc(C(C)(C)CCCC)cc1O.C=C(C)C1CC(C2CCCCC2)C(CO)=CC1c1c(O)cc(C(C)(C)CCCC)cc1O.C=C(C)C1CC(C2CCCCC2)C(O)=CC1c1c(O)cc(C(C)(C)CCCC)cc1O. The van der Waals surface area contributed by atoms with E-state index in [4.69, 9.17) is 0 Å². The molecule has 125 heavy (non-hydrogen) atoms. The summed E-state index contributed by atoms with van der Waals surface area (Å²) < 4.78 is 0. The number of hydrogen-bond acceptors (Lipinski definition) is 10. The molecule has 12 rings (SSSR count). The average Bonchev–Trinajstić information content (AvgIpc) is 0.777. The number of phenols is 8. The highest BCUT2D eigenvalue weighted by Gasteiger charge is 2.46. The monoisotopic (exact) mass is 1720 g/mol. The maximum Gasteiger partial charge on any atom is 0.123 e. The van der Waals surface area contributed by atoms with Gasteiger partial charge < -0.3 is 51.1 Å². The molecule has 5 fully saturated rings. The number of aromatic hydroxyl groups is 8. The Balaban J connectivity index is 0.000000189. The van der Waals surface area contributed by atoms with Crippen LogP contribution in [0.3, 0.4) is 0 Å². The molecule has 10 nitrogen and oxygen atoms in total. The van der Waals surface area contributed by atoms with Crippen LogP contribution in [0.25, 0.3) is 0 Å². The predicted molar refractivity (Wildman–Crippen MR) is 526 cm³/mol. The summed E-state index contributed by atoms with van der Waals surface area (Å²) in [6, 6.07) is 15.0. The number of benzene rings is 4. The number of allylic oxidation sites excluding steroid dienone is 9. The van der Waals surface area contributed by atoms with Crippen LogP contribution >= 0.6 is 0 Å². The van der Waals surface area contributed by atoms with Gasteiger partial charge in [0.25, 0.3) is 0 Å². The van der Waals surface area contributed by atoms with Crippen molar-refractivity contribution in [2.45, 2.75) is 408 Å². The van der Waals surface area contributed by atoms with Gasteiger partial charge in [-0.05, 0) is 312 Å². The highest BCUT2D eigenvalue weighted by molar-refractivity contribution is 5.57. The van der Waals surface area contributed by atoms with E-state index >= 15 is 0 Å². The van der Waals surface area contributed by atoms with Gasteiger partial charge in [0.2, 0.25) is 0 Å².